The second-order valence-corrected chi connectivity index (χ2v) is 6.00. The van der Waals surface area contributed by atoms with Gasteiger partial charge in [0.2, 0.25) is 0 Å². The largest absolute Gasteiger partial charge is 0.349 e. The highest BCUT2D eigenvalue weighted by Gasteiger charge is 2.16. The number of thiophene rings is 2. The van der Waals surface area contributed by atoms with Gasteiger partial charge in [0.25, 0.3) is 5.91 Å². The highest BCUT2D eigenvalue weighted by Crippen LogP contribution is 2.22. The van der Waals surface area contributed by atoms with E-state index < -0.39 is 0 Å². The number of nitrogens with one attached hydrogen (secondary N) is 1. The van der Waals surface area contributed by atoms with Crippen LogP contribution in [0.25, 0.3) is 0 Å². The van der Waals surface area contributed by atoms with E-state index in [1.54, 1.807) is 17.5 Å². The predicted molar refractivity (Wildman–Crippen MR) is 81.3 cm³/mol. The summed E-state index contributed by atoms with van der Waals surface area (Å²) in [6.45, 7) is 0.525. The Labute approximate surface area is 124 Å². The Bertz CT molecular complexity index is 610. The lowest BCUT2D eigenvalue weighted by atomic mass is 10.2. The lowest BCUT2D eigenvalue weighted by molar-refractivity contribution is 0.0950. The molecule has 0 saturated heterocycles. The Morgan fingerprint density at radius 2 is 2.30 bits per heavy atom. The molecule has 20 heavy (non-hydrogen) atoms. The van der Waals surface area contributed by atoms with Crippen molar-refractivity contribution in [3.8, 4) is 0 Å². The fraction of sp³-hybridized carbons (Fsp3) is 0.143. The SMILES string of the molecule is O=C(NC[C@@H](c1cccs1)n1cccn1)c1ccsc1. The number of rotatable bonds is 5. The second-order valence-electron chi connectivity index (χ2n) is 4.24. The first kappa shape index (κ1) is 13.1. The molecule has 102 valence electrons. The Balaban J connectivity index is 1.73. The summed E-state index contributed by atoms with van der Waals surface area (Å²) in [5.41, 5.74) is 0.709. The van der Waals surface area contributed by atoms with E-state index in [1.807, 2.05) is 45.2 Å². The highest BCUT2D eigenvalue weighted by molar-refractivity contribution is 7.10. The molecule has 0 unspecified atom stereocenters. The first-order chi connectivity index (χ1) is 9.84. The van der Waals surface area contributed by atoms with Gasteiger partial charge in [-0.25, -0.2) is 0 Å². The molecule has 0 saturated carbocycles. The van der Waals surface area contributed by atoms with E-state index in [4.69, 9.17) is 0 Å². The van der Waals surface area contributed by atoms with Crippen molar-refractivity contribution >= 4 is 28.6 Å². The van der Waals surface area contributed by atoms with Gasteiger partial charge in [0.1, 0.15) is 6.04 Å². The lowest BCUT2D eigenvalue weighted by Crippen LogP contribution is -2.31. The molecule has 3 rings (SSSR count). The number of carbonyl (C=O) groups is 1. The fourth-order valence-electron chi connectivity index (χ4n) is 1.96. The first-order valence-electron chi connectivity index (χ1n) is 6.17. The minimum atomic E-state index is -0.0417. The molecule has 0 aliphatic heterocycles. The summed E-state index contributed by atoms with van der Waals surface area (Å²) >= 11 is 3.19. The summed E-state index contributed by atoms with van der Waals surface area (Å²) in [7, 11) is 0. The van der Waals surface area contributed by atoms with Crippen LogP contribution < -0.4 is 5.32 Å². The molecule has 0 aromatic carbocycles. The fourth-order valence-corrected chi connectivity index (χ4v) is 3.41. The van der Waals surface area contributed by atoms with Crippen LogP contribution >= 0.6 is 22.7 Å². The number of nitrogens with zero attached hydrogens (tertiary/aromatic N) is 2. The van der Waals surface area contributed by atoms with Gasteiger partial charge in [-0.3, -0.25) is 9.48 Å². The van der Waals surface area contributed by atoms with E-state index in [1.165, 1.54) is 16.2 Å². The Morgan fingerprint density at radius 1 is 1.35 bits per heavy atom. The molecular formula is C14H13N3OS2. The molecule has 6 heteroatoms. The maximum Gasteiger partial charge on any atom is 0.252 e. The van der Waals surface area contributed by atoms with Gasteiger partial charge in [0.15, 0.2) is 0 Å². The van der Waals surface area contributed by atoms with E-state index in [0.29, 0.717) is 12.1 Å². The van der Waals surface area contributed by atoms with Gasteiger partial charge in [-0.05, 0) is 29.0 Å². The minimum Gasteiger partial charge on any atom is -0.349 e. The van der Waals surface area contributed by atoms with Crippen LogP contribution in [0.4, 0.5) is 0 Å². The summed E-state index contributed by atoms with van der Waals surface area (Å²) in [5, 5.41) is 13.0. The van der Waals surface area contributed by atoms with Gasteiger partial charge < -0.3 is 5.32 Å². The smallest absolute Gasteiger partial charge is 0.252 e. The molecule has 0 aliphatic rings. The quantitative estimate of drug-likeness (QED) is 0.787. The molecule has 0 fully saturated rings. The van der Waals surface area contributed by atoms with Crippen LogP contribution in [0.1, 0.15) is 21.3 Å². The third-order valence-electron chi connectivity index (χ3n) is 2.96. The van der Waals surface area contributed by atoms with Gasteiger partial charge in [0, 0.05) is 34.8 Å². The van der Waals surface area contributed by atoms with Crippen molar-refractivity contribution in [2.75, 3.05) is 6.54 Å². The van der Waals surface area contributed by atoms with E-state index in [0.717, 1.165) is 0 Å². The van der Waals surface area contributed by atoms with Crippen LogP contribution in [0.3, 0.4) is 0 Å². The lowest BCUT2D eigenvalue weighted by Gasteiger charge is -2.16. The third kappa shape index (κ3) is 2.81. The molecule has 0 spiro atoms. The first-order valence-corrected chi connectivity index (χ1v) is 8.00. The zero-order chi connectivity index (χ0) is 13.8. The summed E-state index contributed by atoms with van der Waals surface area (Å²) < 4.78 is 1.87. The zero-order valence-corrected chi connectivity index (χ0v) is 12.2. The second kappa shape index (κ2) is 6.02. The van der Waals surface area contributed by atoms with Crippen molar-refractivity contribution in [1.82, 2.24) is 15.1 Å². The number of hydrogen-bond acceptors (Lipinski definition) is 4. The monoisotopic (exact) mass is 303 g/mol. The Kier molecular flexibility index (Phi) is 3.94. The normalized spacial score (nSPS) is 12.2. The number of hydrogen-bond donors (Lipinski definition) is 1. The van der Waals surface area contributed by atoms with E-state index in [9.17, 15) is 4.79 Å². The van der Waals surface area contributed by atoms with Crippen molar-refractivity contribution in [1.29, 1.82) is 0 Å². The molecule has 4 nitrogen and oxygen atoms in total. The van der Waals surface area contributed by atoms with Crippen molar-refractivity contribution in [2.45, 2.75) is 6.04 Å². The maximum atomic E-state index is 12.0. The van der Waals surface area contributed by atoms with Gasteiger partial charge in [-0.15, -0.1) is 11.3 Å². The van der Waals surface area contributed by atoms with Gasteiger partial charge in [0.05, 0.1) is 0 Å². The van der Waals surface area contributed by atoms with Gasteiger partial charge in [-0.1, -0.05) is 6.07 Å². The molecule has 0 radical (unpaired) electrons. The van der Waals surface area contributed by atoms with Crippen LogP contribution in [-0.4, -0.2) is 22.2 Å². The average Bonchev–Trinajstić information content (AvgIpc) is 3.22. The number of amides is 1. The van der Waals surface area contributed by atoms with Crippen LogP contribution in [0.5, 0.6) is 0 Å². The van der Waals surface area contributed by atoms with Crippen LogP contribution in [0.2, 0.25) is 0 Å². The van der Waals surface area contributed by atoms with E-state index in [-0.39, 0.29) is 11.9 Å². The molecule has 3 aromatic heterocycles. The molecule has 1 amide bonds. The Hall–Kier alpha value is -1.92. The van der Waals surface area contributed by atoms with Crippen molar-refractivity contribution in [3.05, 3.63) is 63.2 Å². The number of carbonyl (C=O) groups excluding carboxylic acids is 1. The van der Waals surface area contributed by atoms with Crippen LogP contribution in [0.15, 0.2) is 52.8 Å². The van der Waals surface area contributed by atoms with E-state index in [2.05, 4.69) is 16.5 Å². The van der Waals surface area contributed by atoms with Crippen LogP contribution in [-0.2, 0) is 0 Å². The highest BCUT2D eigenvalue weighted by atomic mass is 32.1. The average molecular weight is 303 g/mol. The Morgan fingerprint density at radius 3 is 2.95 bits per heavy atom. The van der Waals surface area contributed by atoms with E-state index >= 15 is 0 Å². The zero-order valence-electron chi connectivity index (χ0n) is 10.6. The van der Waals surface area contributed by atoms with Crippen molar-refractivity contribution in [2.24, 2.45) is 0 Å². The summed E-state index contributed by atoms with van der Waals surface area (Å²) in [6.07, 6.45) is 3.67. The predicted octanol–water partition coefficient (Wildman–Crippen LogP) is 3.03. The third-order valence-corrected chi connectivity index (χ3v) is 4.61. The molecule has 1 N–H and O–H groups in total. The topological polar surface area (TPSA) is 46.9 Å². The van der Waals surface area contributed by atoms with Gasteiger partial charge in [-0.2, -0.15) is 16.4 Å². The van der Waals surface area contributed by atoms with Crippen LogP contribution in [0, 0.1) is 0 Å². The van der Waals surface area contributed by atoms with Crippen molar-refractivity contribution < 1.29 is 4.79 Å². The molecule has 1 atom stereocenters. The molecule has 3 aromatic rings. The maximum absolute atomic E-state index is 12.0. The number of aromatic nitrogens is 2. The molecule has 0 bridgehead atoms. The standard InChI is InChI=1S/C14H13N3OS2/c18-14(11-4-8-19-10-11)15-9-12(13-3-1-7-20-13)17-6-2-5-16-17/h1-8,10,12H,9H2,(H,15,18)/t12-/m0/s1. The molecule has 3 heterocycles. The summed E-state index contributed by atoms with van der Waals surface area (Å²) in [5.74, 6) is -0.0417. The molecule has 0 aliphatic carbocycles. The van der Waals surface area contributed by atoms with Gasteiger partial charge >= 0.3 is 0 Å². The molecular weight excluding hydrogens is 290 g/mol. The minimum absolute atomic E-state index is 0.0348. The summed E-state index contributed by atoms with van der Waals surface area (Å²) in [6, 6.07) is 7.83. The summed E-state index contributed by atoms with van der Waals surface area (Å²) in [4.78, 5) is 13.2. The van der Waals surface area contributed by atoms with Crippen molar-refractivity contribution in [3.63, 3.8) is 0 Å².